The van der Waals surface area contributed by atoms with Gasteiger partial charge in [0, 0.05) is 31.6 Å². The predicted molar refractivity (Wildman–Crippen MR) is 134 cm³/mol. The molecule has 0 aromatic heterocycles. The van der Waals surface area contributed by atoms with Crippen LogP contribution in [0.2, 0.25) is 0 Å². The molecule has 7 heteroatoms. The second-order valence-corrected chi connectivity index (χ2v) is 10.5. The van der Waals surface area contributed by atoms with E-state index >= 15 is 0 Å². The van der Waals surface area contributed by atoms with E-state index in [2.05, 4.69) is 10.2 Å². The maximum Gasteiger partial charge on any atom is 0.257 e. The molecule has 0 aliphatic carbocycles. The molecule has 5 nitrogen and oxygen atoms in total. The van der Waals surface area contributed by atoms with Crippen molar-refractivity contribution in [2.45, 2.75) is 63.6 Å². The Hall–Kier alpha value is -2.80. The highest BCUT2D eigenvalue weighted by Gasteiger charge is 2.49. The molecular formula is C29H35F2N3O2. The number of piperidine rings is 3. The molecule has 5 rings (SSSR count). The van der Waals surface area contributed by atoms with Crippen molar-refractivity contribution in [2.24, 2.45) is 11.8 Å². The number of benzene rings is 2. The third-order valence-electron chi connectivity index (χ3n) is 8.33. The molecule has 0 radical (unpaired) electrons. The minimum Gasteiger partial charge on any atom is -0.352 e. The summed E-state index contributed by atoms with van der Waals surface area (Å²) in [6.45, 7) is 3.25. The van der Waals surface area contributed by atoms with E-state index < -0.39 is 17.5 Å². The van der Waals surface area contributed by atoms with Gasteiger partial charge in [-0.3, -0.25) is 14.5 Å². The minimum absolute atomic E-state index is 0.00970. The molecule has 3 saturated heterocycles. The van der Waals surface area contributed by atoms with Crippen molar-refractivity contribution in [1.29, 1.82) is 0 Å². The lowest BCUT2D eigenvalue weighted by molar-refractivity contribution is -0.121. The van der Waals surface area contributed by atoms with Crippen LogP contribution < -0.4 is 5.32 Å². The molecule has 1 N–H and O–H groups in total. The van der Waals surface area contributed by atoms with Gasteiger partial charge in [-0.15, -0.1) is 0 Å². The van der Waals surface area contributed by atoms with Crippen LogP contribution in [0.15, 0.2) is 48.5 Å². The van der Waals surface area contributed by atoms with Crippen LogP contribution in [0.4, 0.5) is 8.78 Å². The van der Waals surface area contributed by atoms with Crippen molar-refractivity contribution < 1.29 is 18.4 Å². The molecule has 0 spiro atoms. The van der Waals surface area contributed by atoms with E-state index in [0.717, 1.165) is 62.5 Å². The zero-order valence-electron chi connectivity index (χ0n) is 20.7. The third kappa shape index (κ3) is 5.31. The van der Waals surface area contributed by atoms with Crippen molar-refractivity contribution in [3.05, 3.63) is 71.3 Å². The van der Waals surface area contributed by atoms with Crippen molar-refractivity contribution >= 4 is 11.8 Å². The van der Waals surface area contributed by atoms with E-state index in [1.165, 1.54) is 0 Å². The molecule has 3 aliphatic rings. The molecule has 3 heterocycles. The number of nitrogens with one attached hydrogen (secondary N) is 1. The van der Waals surface area contributed by atoms with Gasteiger partial charge in [-0.25, -0.2) is 8.78 Å². The fraction of sp³-hybridized carbons (Fsp3) is 0.517. The van der Waals surface area contributed by atoms with Crippen LogP contribution in [0.1, 0.15) is 60.9 Å². The van der Waals surface area contributed by atoms with E-state index in [1.807, 2.05) is 35.2 Å². The van der Waals surface area contributed by atoms with Gasteiger partial charge in [0.2, 0.25) is 5.91 Å². The Morgan fingerprint density at radius 2 is 1.78 bits per heavy atom. The van der Waals surface area contributed by atoms with Gasteiger partial charge in [-0.05, 0) is 87.2 Å². The SMILES string of the molecule is O=C(CCC[C@@H]1[C@H]2CCCN3CCC[C@@H](CN1C(=O)c1cc(F)ccc1F)[C@@H]23)NCc1ccccc1. The van der Waals surface area contributed by atoms with E-state index in [-0.39, 0.29) is 17.5 Å². The fourth-order valence-electron chi connectivity index (χ4n) is 6.77. The molecule has 36 heavy (non-hydrogen) atoms. The molecule has 3 aliphatic heterocycles. The number of rotatable bonds is 7. The smallest absolute Gasteiger partial charge is 0.257 e. The third-order valence-corrected chi connectivity index (χ3v) is 8.33. The molecule has 2 amide bonds. The molecule has 0 bridgehead atoms. The minimum atomic E-state index is -0.684. The number of amides is 2. The maximum atomic E-state index is 14.6. The number of likely N-dealkylation sites (tertiary alicyclic amines) is 1. The molecule has 2 aromatic carbocycles. The summed E-state index contributed by atoms with van der Waals surface area (Å²) in [5.74, 6) is -1.07. The van der Waals surface area contributed by atoms with Gasteiger partial charge >= 0.3 is 0 Å². The zero-order valence-corrected chi connectivity index (χ0v) is 20.7. The normalized spacial score (nSPS) is 25.8. The summed E-state index contributed by atoms with van der Waals surface area (Å²) in [5, 5.41) is 2.98. The molecule has 0 unspecified atom stereocenters. The first-order valence-electron chi connectivity index (χ1n) is 13.3. The van der Waals surface area contributed by atoms with E-state index in [0.29, 0.717) is 50.2 Å². The molecular weight excluding hydrogens is 460 g/mol. The second-order valence-electron chi connectivity index (χ2n) is 10.5. The number of carbonyl (C=O) groups is 2. The summed E-state index contributed by atoms with van der Waals surface area (Å²) in [4.78, 5) is 30.5. The quantitative estimate of drug-likeness (QED) is 0.602. The van der Waals surface area contributed by atoms with Crippen LogP contribution in [-0.2, 0) is 11.3 Å². The first kappa shape index (κ1) is 24.9. The number of hydrogen-bond acceptors (Lipinski definition) is 3. The average molecular weight is 496 g/mol. The number of nitrogens with zero attached hydrogens (tertiary/aromatic N) is 2. The lowest BCUT2D eigenvalue weighted by Crippen LogP contribution is -2.65. The first-order chi connectivity index (χ1) is 17.5. The van der Waals surface area contributed by atoms with Crippen LogP contribution in [0.5, 0.6) is 0 Å². The Labute approximate surface area is 211 Å². The first-order valence-corrected chi connectivity index (χ1v) is 13.3. The van der Waals surface area contributed by atoms with Crippen LogP contribution in [-0.4, -0.2) is 53.3 Å². The van der Waals surface area contributed by atoms with Crippen molar-refractivity contribution in [3.63, 3.8) is 0 Å². The van der Waals surface area contributed by atoms with Crippen LogP contribution in [0, 0.1) is 23.5 Å². The van der Waals surface area contributed by atoms with Gasteiger partial charge in [-0.1, -0.05) is 30.3 Å². The van der Waals surface area contributed by atoms with E-state index in [4.69, 9.17) is 0 Å². The highest BCUT2D eigenvalue weighted by Crippen LogP contribution is 2.43. The van der Waals surface area contributed by atoms with Gasteiger partial charge in [0.05, 0.1) is 5.56 Å². The van der Waals surface area contributed by atoms with Gasteiger partial charge in [0.15, 0.2) is 0 Å². The summed E-state index contributed by atoms with van der Waals surface area (Å²) in [6, 6.07) is 13.3. The Kier molecular flexibility index (Phi) is 7.65. The molecule has 4 atom stereocenters. The largest absolute Gasteiger partial charge is 0.352 e. The number of carbonyl (C=O) groups excluding carboxylic acids is 2. The summed E-state index contributed by atoms with van der Waals surface area (Å²) in [5.41, 5.74) is 0.861. The summed E-state index contributed by atoms with van der Waals surface area (Å²) in [7, 11) is 0. The maximum absolute atomic E-state index is 14.6. The zero-order chi connectivity index (χ0) is 25.1. The van der Waals surface area contributed by atoms with Gasteiger partial charge in [-0.2, -0.15) is 0 Å². The Morgan fingerprint density at radius 1 is 1.00 bits per heavy atom. The number of hydrogen-bond donors (Lipinski definition) is 1. The van der Waals surface area contributed by atoms with Crippen molar-refractivity contribution in [3.8, 4) is 0 Å². The Balaban J connectivity index is 1.30. The van der Waals surface area contributed by atoms with Crippen molar-refractivity contribution in [1.82, 2.24) is 15.1 Å². The second kappa shape index (κ2) is 11.1. The highest BCUT2D eigenvalue weighted by atomic mass is 19.1. The molecule has 0 saturated carbocycles. The van der Waals surface area contributed by atoms with E-state index in [9.17, 15) is 18.4 Å². The van der Waals surface area contributed by atoms with E-state index in [1.54, 1.807) is 0 Å². The Bertz CT molecular complexity index is 1080. The average Bonchev–Trinajstić information content (AvgIpc) is 2.90. The molecule has 2 aromatic rings. The molecule has 3 fully saturated rings. The van der Waals surface area contributed by atoms with Gasteiger partial charge in [0.25, 0.3) is 5.91 Å². The standard InChI is InChI=1S/C29H35F2N3O2/c30-22-13-14-25(31)24(17-22)29(36)34-19-21-9-5-15-33-16-6-10-23(28(21)33)26(34)11-4-12-27(35)32-18-20-7-2-1-3-8-20/h1-3,7-8,13-14,17,21,23,26,28H,4-6,9-12,15-16,18-19H2,(H,32,35)/t21-,23+,26+,28-/m0/s1. The summed E-state index contributed by atoms with van der Waals surface area (Å²) in [6.07, 6.45) is 5.98. The summed E-state index contributed by atoms with van der Waals surface area (Å²) < 4.78 is 28.5. The summed E-state index contributed by atoms with van der Waals surface area (Å²) >= 11 is 0. The van der Waals surface area contributed by atoms with Crippen LogP contribution in [0.3, 0.4) is 0 Å². The van der Waals surface area contributed by atoms with Gasteiger partial charge in [0.1, 0.15) is 11.6 Å². The lowest BCUT2D eigenvalue weighted by Gasteiger charge is -2.57. The predicted octanol–water partition coefficient (Wildman–Crippen LogP) is 4.77. The fourth-order valence-corrected chi connectivity index (χ4v) is 6.77. The van der Waals surface area contributed by atoms with Gasteiger partial charge < -0.3 is 10.2 Å². The lowest BCUT2D eigenvalue weighted by atomic mass is 9.69. The highest BCUT2D eigenvalue weighted by molar-refractivity contribution is 5.95. The van der Waals surface area contributed by atoms with Crippen LogP contribution in [0.25, 0.3) is 0 Å². The van der Waals surface area contributed by atoms with Crippen molar-refractivity contribution in [2.75, 3.05) is 19.6 Å². The monoisotopic (exact) mass is 495 g/mol. The number of halogens is 2. The van der Waals surface area contributed by atoms with Crippen LogP contribution >= 0.6 is 0 Å². The topological polar surface area (TPSA) is 52.7 Å². The Morgan fingerprint density at radius 3 is 2.58 bits per heavy atom. The molecule has 192 valence electrons.